The lowest BCUT2D eigenvalue weighted by Crippen LogP contribution is -2.22. The molecule has 1 aromatic carbocycles. The van der Waals surface area contributed by atoms with E-state index in [-0.39, 0.29) is 11.9 Å². The van der Waals surface area contributed by atoms with Crippen molar-refractivity contribution < 1.29 is 4.39 Å². The van der Waals surface area contributed by atoms with Crippen LogP contribution in [0, 0.1) is 5.82 Å². The third-order valence-electron chi connectivity index (χ3n) is 3.71. The lowest BCUT2D eigenvalue weighted by molar-refractivity contribution is 0.543. The van der Waals surface area contributed by atoms with Gasteiger partial charge in [0.2, 0.25) is 0 Å². The van der Waals surface area contributed by atoms with E-state index in [1.165, 1.54) is 63.5 Å². The highest BCUT2D eigenvalue weighted by molar-refractivity contribution is 7.99. The molecule has 1 rings (SSSR count). The van der Waals surface area contributed by atoms with Crippen LogP contribution in [0.25, 0.3) is 0 Å². The van der Waals surface area contributed by atoms with E-state index in [0.717, 1.165) is 17.1 Å². The van der Waals surface area contributed by atoms with Crippen molar-refractivity contribution in [2.24, 2.45) is 5.73 Å². The average Bonchev–Trinajstić information content (AvgIpc) is 2.49. The van der Waals surface area contributed by atoms with Crippen LogP contribution in [0.1, 0.15) is 64.7 Å². The molecule has 0 aliphatic rings. The molecular weight excluding hydrogens is 281 g/mol. The molecule has 1 nitrogen and oxygen atoms in total. The maximum Gasteiger partial charge on any atom is 0.123 e. The first-order chi connectivity index (χ1) is 10.2. The number of benzene rings is 1. The SMILES string of the molecule is CCCCCCCCCCC(N)CSc1ccc(F)cc1. The molecule has 0 aliphatic carbocycles. The zero-order valence-corrected chi connectivity index (χ0v) is 14.1. The van der Waals surface area contributed by atoms with Crippen molar-refractivity contribution >= 4 is 11.8 Å². The Bertz CT molecular complexity index is 353. The summed E-state index contributed by atoms with van der Waals surface area (Å²) in [6.07, 6.45) is 11.8. The van der Waals surface area contributed by atoms with Gasteiger partial charge < -0.3 is 5.73 Å². The summed E-state index contributed by atoms with van der Waals surface area (Å²) in [5, 5.41) is 0. The van der Waals surface area contributed by atoms with Gasteiger partial charge in [0.05, 0.1) is 0 Å². The van der Waals surface area contributed by atoms with Gasteiger partial charge in [-0.3, -0.25) is 0 Å². The summed E-state index contributed by atoms with van der Waals surface area (Å²) in [5.74, 6) is 0.741. The van der Waals surface area contributed by atoms with E-state index in [1.54, 1.807) is 11.8 Å². The minimum absolute atomic E-state index is 0.178. The molecular formula is C18H30FNS. The maximum absolute atomic E-state index is 12.8. The van der Waals surface area contributed by atoms with Crippen molar-refractivity contribution in [3.63, 3.8) is 0 Å². The summed E-state index contributed by atoms with van der Waals surface area (Å²) in [4.78, 5) is 1.10. The molecule has 0 spiro atoms. The Balaban J connectivity index is 1.96. The van der Waals surface area contributed by atoms with Gasteiger partial charge in [0.1, 0.15) is 5.82 Å². The van der Waals surface area contributed by atoms with Gasteiger partial charge in [-0.1, -0.05) is 58.3 Å². The quantitative estimate of drug-likeness (QED) is 0.391. The Kier molecular flexibility index (Phi) is 10.6. The fourth-order valence-electron chi connectivity index (χ4n) is 2.36. The highest BCUT2D eigenvalue weighted by atomic mass is 32.2. The van der Waals surface area contributed by atoms with Crippen molar-refractivity contribution in [1.82, 2.24) is 0 Å². The molecule has 3 heteroatoms. The van der Waals surface area contributed by atoms with Crippen LogP contribution in [0.15, 0.2) is 29.2 Å². The van der Waals surface area contributed by atoms with Crippen LogP contribution in [0.4, 0.5) is 4.39 Å². The highest BCUT2D eigenvalue weighted by Crippen LogP contribution is 2.20. The number of hydrogen-bond acceptors (Lipinski definition) is 2. The molecule has 0 radical (unpaired) electrons. The van der Waals surface area contributed by atoms with Crippen molar-refractivity contribution in [2.75, 3.05) is 5.75 Å². The number of nitrogens with two attached hydrogens (primary N) is 1. The van der Waals surface area contributed by atoms with E-state index in [1.807, 2.05) is 12.1 Å². The van der Waals surface area contributed by atoms with Crippen molar-refractivity contribution in [1.29, 1.82) is 0 Å². The third-order valence-corrected chi connectivity index (χ3v) is 4.91. The first-order valence-corrected chi connectivity index (χ1v) is 9.35. The second kappa shape index (κ2) is 12.0. The van der Waals surface area contributed by atoms with E-state index in [2.05, 4.69) is 6.92 Å². The molecule has 0 saturated heterocycles. The first kappa shape index (κ1) is 18.5. The number of rotatable bonds is 12. The lowest BCUT2D eigenvalue weighted by Gasteiger charge is -2.11. The van der Waals surface area contributed by atoms with Gasteiger partial charge >= 0.3 is 0 Å². The molecule has 0 amide bonds. The standard InChI is InChI=1S/C18H30FNS/c1-2-3-4-5-6-7-8-9-10-17(20)15-21-18-13-11-16(19)12-14-18/h11-14,17H,2-10,15,20H2,1H3. The molecule has 0 aromatic heterocycles. The Morgan fingerprint density at radius 1 is 0.952 bits per heavy atom. The Morgan fingerprint density at radius 2 is 1.52 bits per heavy atom. The van der Waals surface area contributed by atoms with E-state index >= 15 is 0 Å². The largest absolute Gasteiger partial charge is 0.327 e. The maximum atomic E-state index is 12.8. The number of hydrogen-bond donors (Lipinski definition) is 1. The molecule has 1 atom stereocenters. The molecule has 21 heavy (non-hydrogen) atoms. The normalized spacial score (nSPS) is 12.5. The fourth-order valence-corrected chi connectivity index (χ4v) is 3.26. The van der Waals surface area contributed by atoms with Crippen LogP contribution in [0.5, 0.6) is 0 Å². The van der Waals surface area contributed by atoms with E-state index in [4.69, 9.17) is 5.73 Å². The Labute approximate surface area is 133 Å². The molecule has 0 fully saturated rings. The minimum Gasteiger partial charge on any atom is -0.327 e. The molecule has 0 heterocycles. The molecule has 120 valence electrons. The molecule has 2 N–H and O–H groups in total. The summed E-state index contributed by atoms with van der Waals surface area (Å²) in [6.45, 7) is 2.26. The smallest absolute Gasteiger partial charge is 0.123 e. The Morgan fingerprint density at radius 3 is 2.14 bits per heavy atom. The number of unbranched alkanes of at least 4 members (excludes halogenated alkanes) is 7. The molecule has 0 saturated carbocycles. The zero-order valence-electron chi connectivity index (χ0n) is 13.3. The van der Waals surface area contributed by atoms with Crippen LogP contribution in [-0.4, -0.2) is 11.8 Å². The number of halogens is 1. The van der Waals surface area contributed by atoms with Gasteiger partial charge in [0, 0.05) is 16.7 Å². The van der Waals surface area contributed by atoms with Crippen molar-refractivity contribution in [3.8, 4) is 0 Å². The van der Waals surface area contributed by atoms with Crippen LogP contribution in [-0.2, 0) is 0 Å². The van der Waals surface area contributed by atoms with Gasteiger partial charge in [0.25, 0.3) is 0 Å². The fraction of sp³-hybridized carbons (Fsp3) is 0.667. The monoisotopic (exact) mass is 311 g/mol. The molecule has 1 unspecified atom stereocenters. The summed E-state index contributed by atoms with van der Waals surface area (Å²) in [5.41, 5.74) is 6.14. The van der Waals surface area contributed by atoms with Crippen LogP contribution < -0.4 is 5.73 Å². The van der Waals surface area contributed by atoms with Gasteiger partial charge in [-0.15, -0.1) is 11.8 Å². The van der Waals surface area contributed by atoms with Gasteiger partial charge in [-0.05, 0) is 30.7 Å². The zero-order chi connectivity index (χ0) is 15.3. The van der Waals surface area contributed by atoms with Crippen LogP contribution in [0.3, 0.4) is 0 Å². The second-order valence-electron chi connectivity index (χ2n) is 5.79. The van der Waals surface area contributed by atoms with E-state index < -0.39 is 0 Å². The summed E-state index contributed by atoms with van der Waals surface area (Å²) >= 11 is 1.72. The predicted molar refractivity (Wildman–Crippen MR) is 92.3 cm³/mol. The minimum atomic E-state index is -0.178. The molecule has 0 bridgehead atoms. The first-order valence-electron chi connectivity index (χ1n) is 8.36. The second-order valence-corrected chi connectivity index (χ2v) is 6.88. The summed E-state index contributed by atoms with van der Waals surface area (Å²) in [7, 11) is 0. The summed E-state index contributed by atoms with van der Waals surface area (Å²) in [6, 6.07) is 6.91. The molecule has 0 aliphatic heterocycles. The topological polar surface area (TPSA) is 26.0 Å². The predicted octanol–water partition coefficient (Wildman–Crippen LogP) is 5.78. The van der Waals surface area contributed by atoms with Gasteiger partial charge in [-0.25, -0.2) is 4.39 Å². The molecule has 1 aromatic rings. The average molecular weight is 312 g/mol. The van der Waals surface area contributed by atoms with Gasteiger partial charge in [0.15, 0.2) is 0 Å². The van der Waals surface area contributed by atoms with Crippen molar-refractivity contribution in [3.05, 3.63) is 30.1 Å². The lowest BCUT2D eigenvalue weighted by atomic mass is 10.1. The Hall–Kier alpha value is -0.540. The van der Waals surface area contributed by atoms with E-state index in [9.17, 15) is 4.39 Å². The van der Waals surface area contributed by atoms with Crippen LogP contribution >= 0.6 is 11.8 Å². The van der Waals surface area contributed by atoms with Crippen LogP contribution in [0.2, 0.25) is 0 Å². The van der Waals surface area contributed by atoms with Crippen molar-refractivity contribution in [2.45, 2.75) is 75.6 Å². The number of thioether (sulfide) groups is 1. The highest BCUT2D eigenvalue weighted by Gasteiger charge is 2.04. The third kappa shape index (κ3) is 9.92. The summed E-state index contributed by atoms with van der Waals surface area (Å²) < 4.78 is 12.8. The van der Waals surface area contributed by atoms with Gasteiger partial charge in [-0.2, -0.15) is 0 Å². The van der Waals surface area contributed by atoms with E-state index in [0.29, 0.717) is 0 Å².